The topological polar surface area (TPSA) is 67.8 Å². The van der Waals surface area contributed by atoms with Gasteiger partial charge in [-0.25, -0.2) is 4.98 Å². The zero-order chi connectivity index (χ0) is 20.3. The quantitative estimate of drug-likeness (QED) is 0.642. The normalized spacial score (nSPS) is 20.5. The minimum Gasteiger partial charge on any atom is -0.378 e. The lowest BCUT2D eigenvalue weighted by Gasteiger charge is -2.33. The first kappa shape index (κ1) is 19.6. The second-order valence-corrected chi connectivity index (χ2v) is 8.52. The molecule has 2 fully saturated rings. The number of pyridine rings is 2. The van der Waals surface area contributed by atoms with Crippen molar-refractivity contribution in [3.05, 3.63) is 58.9 Å². The van der Waals surface area contributed by atoms with E-state index in [1.54, 1.807) is 6.20 Å². The van der Waals surface area contributed by atoms with Crippen LogP contribution < -0.4 is 0 Å². The molecule has 0 saturated carbocycles. The van der Waals surface area contributed by atoms with Gasteiger partial charge in [-0.3, -0.25) is 14.7 Å². The number of rotatable bonds is 4. The number of carbonyl (C=O) groups is 1. The van der Waals surface area contributed by atoms with Crippen molar-refractivity contribution in [2.75, 3.05) is 46.0 Å². The van der Waals surface area contributed by atoms with Crippen molar-refractivity contribution < 1.29 is 14.3 Å². The largest absolute Gasteiger partial charge is 0.378 e. The highest BCUT2D eigenvalue weighted by atomic mass is 32.1. The molecule has 7 nitrogen and oxygen atoms in total. The van der Waals surface area contributed by atoms with Crippen molar-refractivity contribution in [3.63, 3.8) is 0 Å². The van der Waals surface area contributed by atoms with Gasteiger partial charge >= 0.3 is 0 Å². The smallest absolute Gasteiger partial charge is 0.264 e. The number of amides is 1. The van der Waals surface area contributed by atoms with Crippen molar-refractivity contribution in [2.24, 2.45) is 0 Å². The maximum Gasteiger partial charge on any atom is 0.264 e. The monoisotopic (exact) mass is 424 g/mol. The fraction of sp³-hybridized carbons (Fsp3) is 0.409. The summed E-state index contributed by atoms with van der Waals surface area (Å²) in [7, 11) is 0. The second kappa shape index (κ2) is 8.77. The zero-order valence-electron chi connectivity index (χ0n) is 16.7. The summed E-state index contributed by atoms with van der Waals surface area (Å²) in [6.45, 7) is 5.38. The van der Waals surface area contributed by atoms with E-state index in [2.05, 4.69) is 14.9 Å². The summed E-state index contributed by atoms with van der Waals surface area (Å²) in [6, 6.07) is 9.96. The van der Waals surface area contributed by atoms with Gasteiger partial charge in [-0.2, -0.15) is 0 Å². The fourth-order valence-electron chi connectivity index (χ4n) is 4.08. The predicted molar refractivity (Wildman–Crippen MR) is 115 cm³/mol. The van der Waals surface area contributed by atoms with E-state index in [1.807, 2.05) is 41.4 Å². The molecular weight excluding hydrogens is 400 g/mol. The zero-order valence-corrected chi connectivity index (χ0v) is 17.5. The van der Waals surface area contributed by atoms with Gasteiger partial charge in [-0.1, -0.05) is 12.1 Å². The van der Waals surface area contributed by atoms with Crippen LogP contribution in [0.3, 0.4) is 0 Å². The van der Waals surface area contributed by atoms with E-state index in [9.17, 15) is 4.79 Å². The lowest BCUT2D eigenvalue weighted by molar-refractivity contribution is -0.0329. The van der Waals surface area contributed by atoms with Crippen LogP contribution in [-0.2, 0) is 16.0 Å². The number of thiophene rings is 1. The minimum atomic E-state index is -0.166. The maximum absolute atomic E-state index is 13.4. The summed E-state index contributed by atoms with van der Waals surface area (Å²) in [5.74, 6) is 0.0572. The molecule has 5 rings (SSSR count). The molecule has 0 N–H and O–H groups in total. The van der Waals surface area contributed by atoms with Gasteiger partial charge in [0.15, 0.2) is 0 Å². The van der Waals surface area contributed by atoms with E-state index < -0.39 is 0 Å². The summed E-state index contributed by atoms with van der Waals surface area (Å²) in [6.07, 6.45) is 3.44. The van der Waals surface area contributed by atoms with E-state index in [0.29, 0.717) is 32.9 Å². The third kappa shape index (κ3) is 3.96. The van der Waals surface area contributed by atoms with Gasteiger partial charge in [0.1, 0.15) is 9.71 Å². The van der Waals surface area contributed by atoms with Crippen molar-refractivity contribution in [3.8, 4) is 0 Å². The van der Waals surface area contributed by atoms with E-state index in [0.717, 1.165) is 46.0 Å². The molecule has 0 spiro atoms. The molecule has 30 heavy (non-hydrogen) atoms. The second-order valence-electron chi connectivity index (χ2n) is 7.52. The van der Waals surface area contributed by atoms with Gasteiger partial charge in [0.25, 0.3) is 5.91 Å². The Bertz CT molecular complexity index is 1020. The highest BCUT2D eigenvalue weighted by molar-refractivity contribution is 7.20. The molecule has 2 aliphatic rings. The molecule has 0 aliphatic carbocycles. The third-order valence-corrected chi connectivity index (χ3v) is 6.70. The summed E-state index contributed by atoms with van der Waals surface area (Å²) in [4.78, 5) is 28.2. The first-order valence-electron chi connectivity index (χ1n) is 10.3. The number of nitrogens with zero attached hydrogens (tertiary/aromatic N) is 4. The Balaban J connectivity index is 1.45. The van der Waals surface area contributed by atoms with Crippen molar-refractivity contribution in [1.82, 2.24) is 19.8 Å². The van der Waals surface area contributed by atoms with Crippen LogP contribution in [0.4, 0.5) is 0 Å². The SMILES string of the molecule is O=C(c1sc2ncccc2c1[C@@H]1CN(Cc2ccccn2)CCO1)N1CCOCC1. The molecule has 3 aromatic rings. The van der Waals surface area contributed by atoms with Crippen LogP contribution in [0.2, 0.25) is 0 Å². The third-order valence-electron chi connectivity index (χ3n) is 5.58. The Hall–Kier alpha value is -2.39. The van der Waals surface area contributed by atoms with E-state index in [-0.39, 0.29) is 12.0 Å². The molecule has 2 saturated heterocycles. The maximum atomic E-state index is 13.4. The number of hydrogen-bond donors (Lipinski definition) is 0. The summed E-state index contributed by atoms with van der Waals surface area (Å²) in [5, 5.41) is 1.02. The summed E-state index contributed by atoms with van der Waals surface area (Å²) < 4.78 is 11.6. The van der Waals surface area contributed by atoms with E-state index >= 15 is 0 Å². The van der Waals surface area contributed by atoms with Crippen LogP contribution in [0, 0.1) is 0 Å². The van der Waals surface area contributed by atoms with Gasteiger partial charge in [0.05, 0.1) is 31.6 Å². The van der Waals surface area contributed by atoms with Crippen LogP contribution in [0.25, 0.3) is 10.2 Å². The van der Waals surface area contributed by atoms with Gasteiger partial charge in [-0.05, 0) is 18.2 Å². The number of ether oxygens (including phenoxy) is 2. The summed E-state index contributed by atoms with van der Waals surface area (Å²) >= 11 is 1.47. The number of morpholine rings is 2. The van der Waals surface area contributed by atoms with E-state index in [1.165, 1.54) is 11.3 Å². The molecule has 5 heterocycles. The number of carbonyl (C=O) groups excluding carboxylic acids is 1. The van der Waals surface area contributed by atoms with E-state index in [4.69, 9.17) is 9.47 Å². The molecule has 0 aromatic carbocycles. The Morgan fingerprint density at radius 3 is 2.77 bits per heavy atom. The van der Waals surface area contributed by atoms with Gasteiger partial charge < -0.3 is 14.4 Å². The van der Waals surface area contributed by atoms with Gasteiger partial charge in [0, 0.05) is 56.1 Å². The highest BCUT2D eigenvalue weighted by Gasteiger charge is 2.32. The molecule has 0 radical (unpaired) electrons. The Labute approximate surface area is 179 Å². The Kier molecular flexibility index (Phi) is 5.72. The lowest BCUT2D eigenvalue weighted by atomic mass is 10.0. The lowest BCUT2D eigenvalue weighted by Crippen LogP contribution is -2.41. The van der Waals surface area contributed by atoms with Crippen molar-refractivity contribution in [2.45, 2.75) is 12.6 Å². The van der Waals surface area contributed by atoms with Crippen LogP contribution in [0.15, 0.2) is 42.7 Å². The summed E-state index contributed by atoms with van der Waals surface area (Å²) in [5.41, 5.74) is 2.02. The van der Waals surface area contributed by atoms with Crippen LogP contribution in [0.1, 0.15) is 27.0 Å². The predicted octanol–water partition coefficient (Wildman–Crippen LogP) is 2.74. The first-order chi connectivity index (χ1) is 14.8. The molecule has 8 heteroatoms. The molecule has 0 bridgehead atoms. The Morgan fingerprint density at radius 2 is 1.93 bits per heavy atom. The number of aromatic nitrogens is 2. The average Bonchev–Trinajstić information content (AvgIpc) is 3.20. The molecule has 0 unspecified atom stereocenters. The molecule has 1 atom stereocenters. The average molecular weight is 425 g/mol. The molecule has 2 aliphatic heterocycles. The molecule has 1 amide bonds. The highest BCUT2D eigenvalue weighted by Crippen LogP contribution is 2.38. The van der Waals surface area contributed by atoms with Crippen LogP contribution in [0.5, 0.6) is 0 Å². The molecule has 156 valence electrons. The van der Waals surface area contributed by atoms with Gasteiger partial charge in [0.2, 0.25) is 0 Å². The van der Waals surface area contributed by atoms with Crippen molar-refractivity contribution in [1.29, 1.82) is 0 Å². The Morgan fingerprint density at radius 1 is 1.07 bits per heavy atom. The van der Waals surface area contributed by atoms with Crippen molar-refractivity contribution >= 4 is 27.5 Å². The molecule has 3 aromatic heterocycles. The van der Waals surface area contributed by atoms with Gasteiger partial charge in [-0.15, -0.1) is 11.3 Å². The minimum absolute atomic E-state index is 0.0572. The standard InChI is InChI=1S/C22H24N4O3S/c27-22(26-9-11-28-12-10-26)20-19(17-5-3-7-24-21(17)30-20)18-15-25(8-13-29-18)14-16-4-1-2-6-23-16/h1-7,18H,8-15H2/t18-/m0/s1. The fourth-order valence-corrected chi connectivity index (χ4v) is 5.24. The molecular formula is C22H24N4O3S. The number of fused-ring (bicyclic) bond motifs is 1. The first-order valence-corrected chi connectivity index (χ1v) is 11.1. The van der Waals surface area contributed by atoms with Crippen LogP contribution >= 0.6 is 11.3 Å². The van der Waals surface area contributed by atoms with Crippen LogP contribution in [-0.4, -0.2) is 71.7 Å². The number of hydrogen-bond acceptors (Lipinski definition) is 7.